The molecule has 0 saturated carbocycles. The van der Waals surface area contributed by atoms with Crippen LogP contribution in [-0.2, 0) is 11.2 Å². The molecule has 0 bridgehead atoms. The van der Waals surface area contributed by atoms with Crippen molar-refractivity contribution >= 4 is 34.1 Å². The Morgan fingerprint density at radius 1 is 1.14 bits per heavy atom. The average molecular weight is 396 g/mol. The number of hydrogen-bond donors (Lipinski definition) is 4. The third-order valence-corrected chi connectivity index (χ3v) is 4.04. The summed E-state index contributed by atoms with van der Waals surface area (Å²) in [5.41, 5.74) is 1.21. The predicted octanol–water partition coefficient (Wildman–Crippen LogP) is 3.26. The summed E-state index contributed by atoms with van der Waals surface area (Å²) in [5, 5.41) is 22.1. The quantitative estimate of drug-likeness (QED) is 0.412. The van der Waals surface area contributed by atoms with Gasteiger partial charge in [0, 0.05) is 28.9 Å². The first-order valence-electron chi connectivity index (χ1n) is 8.48. The van der Waals surface area contributed by atoms with Crippen molar-refractivity contribution in [1.29, 1.82) is 0 Å². The highest BCUT2D eigenvalue weighted by atomic mass is 19.1. The van der Waals surface area contributed by atoms with E-state index in [2.05, 4.69) is 30.8 Å². The first kappa shape index (κ1) is 18.3. The van der Waals surface area contributed by atoms with Gasteiger partial charge in [-0.1, -0.05) is 6.07 Å². The third-order valence-electron chi connectivity index (χ3n) is 4.04. The number of fused-ring (bicyclic) bond motifs is 1. The van der Waals surface area contributed by atoms with Crippen LogP contribution in [0.4, 0.5) is 26.1 Å². The van der Waals surface area contributed by atoms with E-state index in [0.717, 1.165) is 6.07 Å². The number of halogens is 2. The molecule has 0 aliphatic rings. The van der Waals surface area contributed by atoms with Crippen LogP contribution in [0, 0.1) is 11.6 Å². The van der Waals surface area contributed by atoms with Gasteiger partial charge in [0.2, 0.25) is 5.91 Å². The van der Waals surface area contributed by atoms with Gasteiger partial charge in [-0.25, -0.2) is 18.7 Å². The summed E-state index contributed by atoms with van der Waals surface area (Å²) >= 11 is 0. The first-order valence-corrected chi connectivity index (χ1v) is 8.48. The number of nitrogens with zero attached hydrogens (tertiary/aromatic N) is 3. The fourth-order valence-corrected chi connectivity index (χ4v) is 2.75. The summed E-state index contributed by atoms with van der Waals surface area (Å²) in [6, 6.07) is 9.49. The molecular weight excluding hydrogens is 382 g/mol. The van der Waals surface area contributed by atoms with E-state index in [1.165, 1.54) is 30.6 Å². The van der Waals surface area contributed by atoms with E-state index in [4.69, 9.17) is 0 Å². The van der Waals surface area contributed by atoms with E-state index < -0.39 is 17.4 Å². The number of amides is 1. The highest BCUT2D eigenvalue weighted by Gasteiger charge is 2.12. The number of aromatic amines is 1. The number of carbonyl (C=O) groups is 1. The molecule has 2 aromatic heterocycles. The summed E-state index contributed by atoms with van der Waals surface area (Å²) in [5.74, 6) is -1.46. The average Bonchev–Trinajstić information content (AvgIpc) is 3.10. The maximum atomic E-state index is 13.7. The van der Waals surface area contributed by atoms with Gasteiger partial charge in [0.15, 0.2) is 17.4 Å². The van der Waals surface area contributed by atoms with Crippen LogP contribution in [0.2, 0.25) is 0 Å². The molecule has 0 atom stereocenters. The van der Waals surface area contributed by atoms with Crippen LogP contribution >= 0.6 is 0 Å². The van der Waals surface area contributed by atoms with Crippen molar-refractivity contribution in [2.24, 2.45) is 0 Å². The smallest absolute Gasteiger partial charge is 0.230 e. The van der Waals surface area contributed by atoms with Crippen LogP contribution in [0.15, 0.2) is 48.8 Å². The number of nitrogens with one attached hydrogen (secondary N) is 3. The zero-order chi connectivity index (χ0) is 20.4. The molecule has 1 amide bonds. The van der Waals surface area contributed by atoms with E-state index in [9.17, 15) is 18.7 Å². The number of benzene rings is 2. The fraction of sp³-hybridized carbons (Fsp3) is 0.0526. The van der Waals surface area contributed by atoms with Crippen molar-refractivity contribution in [2.75, 3.05) is 10.6 Å². The fourth-order valence-electron chi connectivity index (χ4n) is 2.75. The van der Waals surface area contributed by atoms with Gasteiger partial charge in [-0.3, -0.25) is 9.89 Å². The Kier molecular flexibility index (Phi) is 4.73. The van der Waals surface area contributed by atoms with Gasteiger partial charge in [-0.15, -0.1) is 0 Å². The molecule has 0 spiro atoms. The molecule has 4 N–H and O–H groups in total. The maximum absolute atomic E-state index is 13.7. The minimum Gasteiger partial charge on any atom is -0.505 e. The van der Waals surface area contributed by atoms with Crippen molar-refractivity contribution in [1.82, 2.24) is 20.2 Å². The summed E-state index contributed by atoms with van der Waals surface area (Å²) < 4.78 is 26.9. The van der Waals surface area contributed by atoms with Gasteiger partial charge in [0.25, 0.3) is 0 Å². The lowest BCUT2D eigenvalue weighted by Gasteiger charge is -2.06. The summed E-state index contributed by atoms with van der Waals surface area (Å²) in [7, 11) is 0. The van der Waals surface area contributed by atoms with Gasteiger partial charge >= 0.3 is 0 Å². The monoisotopic (exact) mass is 396 g/mol. The zero-order valence-corrected chi connectivity index (χ0v) is 14.8. The highest BCUT2D eigenvalue weighted by molar-refractivity contribution is 5.93. The topological polar surface area (TPSA) is 116 Å². The predicted molar refractivity (Wildman–Crippen MR) is 102 cm³/mol. The molecule has 0 unspecified atom stereocenters. The third kappa shape index (κ3) is 4.10. The molecule has 10 heteroatoms. The molecule has 0 aliphatic carbocycles. The van der Waals surface area contributed by atoms with Crippen LogP contribution in [0.1, 0.15) is 5.69 Å². The number of anilines is 3. The van der Waals surface area contributed by atoms with Gasteiger partial charge in [0.1, 0.15) is 18.0 Å². The second-order valence-corrected chi connectivity index (χ2v) is 6.18. The molecule has 0 radical (unpaired) electrons. The minimum absolute atomic E-state index is 0.0157. The Labute approximate surface area is 162 Å². The van der Waals surface area contributed by atoms with E-state index >= 15 is 0 Å². The van der Waals surface area contributed by atoms with Crippen LogP contribution in [-0.4, -0.2) is 31.2 Å². The SMILES string of the molecule is O=C(Cc1cc(Nc2ncnc3cc(O)c(F)cc23)n[nH]1)Nc1cccc(F)c1. The van der Waals surface area contributed by atoms with Crippen molar-refractivity contribution < 1.29 is 18.7 Å². The number of H-pyrrole nitrogens is 1. The van der Waals surface area contributed by atoms with Gasteiger partial charge in [-0.05, 0) is 24.3 Å². The van der Waals surface area contributed by atoms with Gasteiger partial charge in [0.05, 0.1) is 11.9 Å². The van der Waals surface area contributed by atoms with Crippen LogP contribution < -0.4 is 10.6 Å². The normalized spacial score (nSPS) is 10.8. The Morgan fingerprint density at radius 2 is 2.00 bits per heavy atom. The number of aromatic nitrogens is 4. The minimum atomic E-state index is -0.799. The van der Waals surface area contributed by atoms with E-state index in [1.54, 1.807) is 12.1 Å². The standard InChI is InChI=1S/C19H14F2N6O2/c20-10-2-1-3-11(4-10)24-18(29)6-12-5-17(27-26-12)25-19-13-7-14(21)16(28)8-15(13)22-9-23-19/h1-5,7-9,28H,6H2,(H,24,29)(H2,22,23,25,26,27). The highest BCUT2D eigenvalue weighted by Crippen LogP contribution is 2.27. The number of phenols is 1. The van der Waals surface area contributed by atoms with E-state index in [1.807, 2.05) is 0 Å². The second kappa shape index (κ2) is 7.50. The molecule has 4 aromatic rings. The van der Waals surface area contributed by atoms with Crippen molar-refractivity contribution in [3.05, 3.63) is 66.1 Å². The molecule has 4 rings (SSSR count). The zero-order valence-electron chi connectivity index (χ0n) is 14.8. The second-order valence-electron chi connectivity index (χ2n) is 6.18. The van der Waals surface area contributed by atoms with Gasteiger partial charge < -0.3 is 15.7 Å². The summed E-state index contributed by atoms with van der Waals surface area (Å²) in [4.78, 5) is 20.2. The van der Waals surface area contributed by atoms with Gasteiger partial charge in [-0.2, -0.15) is 5.10 Å². The maximum Gasteiger partial charge on any atom is 0.230 e. The molecule has 2 aromatic carbocycles. The van der Waals surface area contributed by atoms with Crippen LogP contribution in [0.3, 0.4) is 0 Å². The van der Waals surface area contributed by atoms with Crippen molar-refractivity contribution in [2.45, 2.75) is 6.42 Å². The molecule has 0 fully saturated rings. The summed E-state index contributed by atoms with van der Waals surface area (Å²) in [6.07, 6.45) is 1.25. The Hall–Kier alpha value is -4.08. The molecule has 2 heterocycles. The first-order chi connectivity index (χ1) is 14.0. The number of aromatic hydroxyl groups is 1. The number of carbonyl (C=O) groups excluding carboxylic acids is 1. The molecule has 0 saturated heterocycles. The summed E-state index contributed by atoms with van der Waals surface area (Å²) in [6.45, 7) is 0. The van der Waals surface area contributed by atoms with Crippen LogP contribution in [0.5, 0.6) is 5.75 Å². The Balaban J connectivity index is 1.48. The lowest BCUT2D eigenvalue weighted by molar-refractivity contribution is -0.115. The van der Waals surface area contributed by atoms with E-state index in [0.29, 0.717) is 28.1 Å². The molecular formula is C19H14F2N6O2. The number of phenolic OH excluding ortho intramolecular Hbond substituents is 1. The Morgan fingerprint density at radius 3 is 2.83 bits per heavy atom. The molecule has 0 aliphatic heterocycles. The molecule has 8 nitrogen and oxygen atoms in total. The lowest BCUT2D eigenvalue weighted by Crippen LogP contribution is -2.14. The largest absolute Gasteiger partial charge is 0.505 e. The van der Waals surface area contributed by atoms with Crippen LogP contribution in [0.25, 0.3) is 10.9 Å². The van der Waals surface area contributed by atoms with Crippen molar-refractivity contribution in [3.8, 4) is 5.75 Å². The number of rotatable bonds is 5. The Bertz CT molecular complexity index is 1210. The molecule has 146 valence electrons. The molecule has 29 heavy (non-hydrogen) atoms. The van der Waals surface area contributed by atoms with Crippen molar-refractivity contribution in [3.63, 3.8) is 0 Å². The van der Waals surface area contributed by atoms with E-state index in [-0.39, 0.29) is 18.1 Å². The number of hydrogen-bond acceptors (Lipinski definition) is 6. The lowest BCUT2D eigenvalue weighted by atomic mass is 10.2.